The number of aromatic nitrogens is 4. The number of nitrogens with one attached hydrogen (secondary N) is 1. The Labute approximate surface area is 155 Å². The van der Waals surface area contributed by atoms with Crippen molar-refractivity contribution in [2.45, 2.75) is 18.9 Å². The molecule has 1 aliphatic rings. The minimum absolute atomic E-state index is 0.131. The lowest BCUT2D eigenvalue weighted by molar-refractivity contribution is -0.130. The highest BCUT2D eigenvalue weighted by atomic mass is 32.1. The zero-order valence-electron chi connectivity index (χ0n) is 14.5. The molecule has 1 fully saturated rings. The van der Waals surface area contributed by atoms with Gasteiger partial charge in [-0.2, -0.15) is 0 Å². The van der Waals surface area contributed by atoms with E-state index in [4.69, 9.17) is 0 Å². The lowest BCUT2D eigenvalue weighted by Crippen LogP contribution is -2.34. The Kier molecular flexibility index (Phi) is 4.66. The summed E-state index contributed by atoms with van der Waals surface area (Å²) in [4.78, 5) is 16.0. The molecule has 0 unspecified atom stereocenters. The number of rotatable bonds is 5. The molecule has 26 heavy (non-hydrogen) atoms. The second-order valence-corrected chi connectivity index (χ2v) is 7.30. The van der Waals surface area contributed by atoms with Crippen LogP contribution in [0, 0.1) is 0 Å². The Morgan fingerprint density at radius 2 is 2.27 bits per heavy atom. The van der Waals surface area contributed by atoms with Crippen LogP contribution in [-0.2, 0) is 11.8 Å². The van der Waals surface area contributed by atoms with Crippen LogP contribution in [-0.4, -0.2) is 44.1 Å². The maximum Gasteiger partial charge on any atom is 0.242 e. The third-order valence-electron chi connectivity index (χ3n) is 4.63. The second-order valence-electron chi connectivity index (χ2n) is 6.32. The van der Waals surface area contributed by atoms with Gasteiger partial charge in [0.15, 0.2) is 5.82 Å². The number of benzene rings is 1. The summed E-state index contributed by atoms with van der Waals surface area (Å²) in [5.41, 5.74) is 1.79. The van der Waals surface area contributed by atoms with Gasteiger partial charge < -0.3 is 10.2 Å². The van der Waals surface area contributed by atoms with Crippen molar-refractivity contribution in [3.63, 3.8) is 0 Å². The first kappa shape index (κ1) is 16.7. The molecule has 1 aromatic carbocycles. The highest BCUT2D eigenvalue weighted by molar-refractivity contribution is 7.10. The minimum Gasteiger partial charge on any atom is -0.376 e. The molecule has 1 atom stereocenters. The van der Waals surface area contributed by atoms with Crippen molar-refractivity contribution in [2.75, 3.05) is 18.4 Å². The number of nitrogens with zero attached hydrogens (tertiary/aromatic N) is 5. The number of hydrogen-bond donors (Lipinski definition) is 1. The van der Waals surface area contributed by atoms with E-state index in [1.807, 2.05) is 35.2 Å². The van der Waals surface area contributed by atoms with Gasteiger partial charge in [-0.1, -0.05) is 18.2 Å². The van der Waals surface area contributed by atoms with E-state index in [1.54, 1.807) is 23.1 Å². The van der Waals surface area contributed by atoms with E-state index >= 15 is 0 Å². The van der Waals surface area contributed by atoms with E-state index in [1.165, 1.54) is 4.88 Å². The number of aryl methyl sites for hydroxylation is 1. The fraction of sp³-hybridized carbons (Fsp3) is 0.333. The summed E-state index contributed by atoms with van der Waals surface area (Å²) in [6.45, 7) is 1.11. The van der Waals surface area contributed by atoms with Gasteiger partial charge in [0.05, 0.1) is 12.6 Å². The molecule has 0 radical (unpaired) electrons. The van der Waals surface area contributed by atoms with Crippen molar-refractivity contribution >= 4 is 22.9 Å². The average Bonchev–Trinajstić information content (AvgIpc) is 3.40. The quantitative estimate of drug-likeness (QED) is 0.749. The van der Waals surface area contributed by atoms with Crippen molar-refractivity contribution in [3.8, 4) is 11.4 Å². The van der Waals surface area contributed by atoms with Crippen LogP contribution in [0.2, 0.25) is 0 Å². The SMILES string of the molecule is Cn1nnnc1-c1cccc(NCC(=O)N2CCC[C@H]2c2cccs2)c1. The highest BCUT2D eigenvalue weighted by Gasteiger charge is 2.30. The molecule has 0 saturated carbocycles. The van der Waals surface area contributed by atoms with Gasteiger partial charge in [0, 0.05) is 29.7 Å². The summed E-state index contributed by atoms with van der Waals surface area (Å²) < 4.78 is 1.63. The summed E-state index contributed by atoms with van der Waals surface area (Å²) in [5.74, 6) is 0.823. The number of likely N-dealkylation sites (tertiary alicyclic amines) is 1. The van der Waals surface area contributed by atoms with Crippen LogP contribution in [0.1, 0.15) is 23.8 Å². The Morgan fingerprint density at radius 3 is 3.04 bits per heavy atom. The van der Waals surface area contributed by atoms with Gasteiger partial charge in [0.1, 0.15) is 0 Å². The van der Waals surface area contributed by atoms with Gasteiger partial charge in [0.25, 0.3) is 0 Å². The molecular weight excluding hydrogens is 348 g/mol. The Morgan fingerprint density at radius 1 is 1.35 bits per heavy atom. The summed E-state index contributed by atoms with van der Waals surface area (Å²) in [6, 6.07) is 12.2. The van der Waals surface area contributed by atoms with Crippen LogP contribution in [0.25, 0.3) is 11.4 Å². The largest absolute Gasteiger partial charge is 0.376 e. The van der Waals surface area contributed by atoms with Gasteiger partial charge in [-0.25, -0.2) is 4.68 Å². The second kappa shape index (κ2) is 7.25. The summed E-state index contributed by atoms with van der Waals surface area (Å²) >= 11 is 1.72. The first-order valence-electron chi connectivity index (χ1n) is 8.62. The van der Waals surface area contributed by atoms with Crippen LogP contribution in [0.5, 0.6) is 0 Å². The Balaban J connectivity index is 1.43. The third-order valence-corrected chi connectivity index (χ3v) is 5.60. The fourth-order valence-corrected chi connectivity index (χ4v) is 4.24. The smallest absolute Gasteiger partial charge is 0.242 e. The first-order chi connectivity index (χ1) is 12.7. The summed E-state index contributed by atoms with van der Waals surface area (Å²) in [6.07, 6.45) is 2.10. The molecule has 1 amide bonds. The van der Waals surface area contributed by atoms with Crippen molar-refractivity contribution < 1.29 is 4.79 Å². The van der Waals surface area contributed by atoms with Gasteiger partial charge in [-0.15, -0.1) is 16.4 Å². The van der Waals surface area contributed by atoms with Gasteiger partial charge >= 0.3 is 0 Å². The molecule has 134 valence electrons. The van der Waals surface area contributed by atoms with Crippen molar-refractivity contribution in [1.82, 2.24) is 25.1 Å². The van der Waals surface area contributed by atoms with Crippen LogP contribution in [0.4, 0.5) is 5.69 Å². The zero-order chi connectivity index (χ0) is 17.9. The third kappa shape index (κ3) is 3.32. The first-order valence-corrected chi connectivity index (χ1v) is 9.50. The van der Waals surface area contributed by atoms with Crippen LogP contribution in [0.3, 0.4) is 0 Å². The van der Waals surface area contributed by atoms with Gasteiger partial charge in [0.2, 0.25) is 5.91 Å². The number of hydrogen-bond acceptors (Lipinski definition) is 6. The van der Waals surface area contributed by atoms with E-state index < -0.39 is 0 Å². The monoisotopic (exact) mass is 368 g/mol. The molecule has 8 heteroatoms. The molecule has 1 saturated heterocycles. The average molecular weight is 368 g/mol. The van der Waals surface area contributed by atoms with Crippen LogP contribution >= 0.6 is 11.3 Å². The zero-order valence-corrected chi connectivity index (χ0v) is 15.3. The number of carbonyl (C=O) groups is 1. The number of carbonyl (C=O) groups excluding carboxylic acids is 1. The normalized spacial score (nSPS) is 16.8. The molecule has 0 aliphatic carbocycles. The topological polar surface area (TPSA) is 75.9 Å². The molecule has 4 rings (SSSR count). The van der Waals surface area contributed by atoms with E-state index in [-0.39, 0.29) is 18.5 Å². The van der Waals surface area contributed by atoms with E-state index in [0.29, 0.717) is 5.82 Å². The Bertz CT molecular complexity index is 891. The van der Waals surface area contributed by atoms with Crippen molar-refractivity contribution in [3.05, 3.63) is 46.7 Å². The predicted molar refractivity (Wildman–Crippen MR) is 101 cm³/mol. The molecule has 1 aliphatic heterocycles. The molecule has 1 N–H and O–H groups in total. The highest BCUT2D eigenvalue weighted by Crippen LogP contribution is 2.34. The lowest BCUT2D eigenvalue weighted by atomic mass is 10.2. The maximum atomic E-state index is 12.7. The van der Waals surface area contributed by atoms with Gasteiger partial charge in [-0.3, -0.25) is 4.79 Å². The van der Waals surface area contributed by atoms with Gasteiger partial charge in [-0.05, 0) is 46.8 Å². The molecule has 0 bridgehead atoms. The van der Waals surface area contributed by atoms with Crippen LogP contribution < -0.4 is 5.32 Å². The van der Waals surface area contributed by atoms with E-state index in [2.05, 4.69) is 32.3 Å². The molecule has 3 aromatic rings. The number of thiophene rings is 1. The Hall–Kier alpha value is -2.74. The maximum absolute atomic E-state index is 12.7. The van der Waals surface area contributed by atoms with E-state index in [9.17, 15) is 4.79 Å². The number of anilines is 1. The van der Waals surface area contributed by atoms with Crippen molar-refractivity contribution in [1.29, 1.82) is 0 Å². The lowest BCUT2D eigenvalue weighted by Gasteiger charge is -2.24. The summed E-state index contributed by atoms with van der Waals surface area (Å²) in [5, 5.41) is 16.9. The molecular formula is C18H20N6OS. The van der Waals surface area contributed by atoms with Crippen molar-refractivity contribution in [2.24, 2.45) is 7.05 Å². The standard InChI is InChI=1S/C18H20N6OS/c1-23-18(20-21-22-23)13-5-2-6-14(11-13)19-12-17(25)24-9-3-7-15(24)16-8-4-10-26-16/h2,4-6,8,10-11,15,19H,3,7,9,12H2,1H3/t15-/m0/s1. The minimum atomic E-state index is 0.131. The molecule has 2 aromatic heterocycles. The predicted octanol–water partition coefficient (Wildman–Crippen LogP) is 2.71. The number of amides is 1. The van der Waals surface area contributed by atoms with Crippen LogP contribution in [0.15, 0.2) is 41.8 Å². The molecule has 0 spiro atoms. The fourth-order valence-electron chi connectivity index (χ4n) is 3.36. The molecule has 3 heterocycles. The number of tetrazole rings is 1. The molecule has 7 nitrogen and oxygen atoms in total. The van der Waals surface area contributed by atoms with E-state index in [0.717, 1.165) is 30.6 Å². The summed E-state index contributed by atoms with van der Waals surface area (Å²) in [7, 11) is 1.80.